The Hall–Kier alpha value is -1.40. The van der Waals surface area contributed by atoms with Gasteiger partial charge in [-0.05, 0) is 41.4 Å². The Labute approximate surface area is 166 Å². The zero-order valence-corrected chi connectivity index (χ0v) is 17.4. The van der Waals surface area contributed by atoms with E-state index in [1.165, 1.54) is 13.0 Å². The number of rotatable bonds is 1. The lowest BCUT2D eigenvalue weighted by atomic mass is 9.41. The second-order valence-corrected chi connectivity index (χ2v) is 10.4. The second-order valence-electron chi connectivity index (χ2n) is 10.4. The highest BCUT2D eigenvalue weighted by Crippen LogP contribution is 2.67. The molecule has 156 valence electrons. The normalized spacial score (nSPS) is 49.2. The number of carbonyl (C=O) groups is 2. The third-order valence-electron chi connectivity index (χ3n) is 8.32. The maximum Gasteiger partial charge on any atom is 0.333 e. The van der Waals surface area contributed by atoms with Crippen LogP contribution in [0.25, 0.3) is 0 Å². The minimum atomic E-state index is -1.58. The molecule has 28 heavy (non-hydrogen) atoms. The summed E-state index contributed by atoms with van der Waals surface area (Å²) < 4.78 is 11.1. The Morgan fingerprint density at radius 2 is 1.96 bits per heavy atom. The highest BCUT2D eigenvalue weighted by molar-refractivity contribution is 5.86. The molecule has 1 heterocycles. The van der Waals surface area contributed by atoms with Crippen LogP contribution < -0.4 is 0 Å². The van der Waals surface area contributed by atoms with Gasteiger partial charge in [-0.25, -0.2) is 4.79 Å². The van der Waals surface area contributed by atoms with Gasteiger partial charge in [0.25, 0.3) is 0 Å². The van der Waals surface area contributed by atoms with Crippen molar-refractivity contribution in [1.82, 2.24) is 0 Å². The molecule has 3 aliphatic carbocycles. The fourth-order valence-electron chi connectivity index (χ4n) is 7.45. The zero-order valence-electron chi connectivity index (χ0n) is 17.4. The van der Waals surface area contributed by atoms with E-state index in [2.05, 4.69) is 20.8 Å². The fraction of sp³-hybridized carbons (Fsp3) is 0.818. The van der Waals surface area contributed by atoms with Crippen molar-refractivity contribution in [2.75, 3.05) is 0 Å². The number of fused-ring (bicyclic) bond motifs is 4. The van der Waals surface area contributed by atoms with Gasteiger partial charge in [0.2, 0.25) is 5.79 Å². The number of hydrogen-bond donors (Lipinski definition) is 2. The second kappa shape index (κ2) is 6.05. The SMILES string of the molecule is CC(=O)O[C@@H]1[C@H](O)[C@H]2[C@@H](C[C@@]3(O)OC(=O)C=C3[C@@H]2C)[C@]2(C)CCCC(C)(C)[C@H]12. The molecule has 0 saturated heterocycles. The number of aliphatic hydroxyl groups excluding tert-OH is 1. The summed E-state index contributed by atoms with van der Waals surface area (Å²) in [6, 6.07) is 0. The predicted octanol–water partition coefficient (Wildman–Crippen LogP) is 2.57. The van der Waals surface area contributed by atoms with E-state index in [0.29, 0.717) is 5.57 Å². The monoisotopic (exact) mass is 392 g/mol. The molecule has 4 aliphatic rings. The van der Waals surface area contributed by atoms with Gasteiger partial charge >= 0.3 is 11.9 Å². The number of ether oxygens (including phenoxy) is 2. The van der Waals surface area contributed by atoms with Crippen LogP contribution in [0.4, 0.5) is 0 Å². The van der Waals surface area contributed by atoms with E-state index in [-0.39, 0.29) is 46.9 Å². The van der Waals surface area contributed by atoms with E-state index in [1.54, 1.807) is 0 Å². The largest absolute Gasteiger partial charge is 0.459 e. The summed E-state index contributed by atoms with van der Waals surface area (Å²) in [5.41, 5.74) is 0.181. The number of carbonyl (C=O) groups excluding carboxylic acids is 2. The van der Waals surface area contributed by atoms with Crippen molar-refractivity contribution in [2.45, 2.75) is 78.3 Å². The first-order chi connectivity index (χ1) is 12.9. The maximum atomic E-state index is 11.9. The average Bonchev–Trinajstić information content (AvgIpc) is 2.85. The molecule has 6 heteroatoms. The summed E-state index contributed by atoms with van der Waals surface area (Å²) in [5, 5.41) is 22.6. The van der Waals surface area contributed by atoms with E-state index in [0.717, 1.165) is 19.3 Å². The number of esters is 2. The highest BCUT2D eigenvalue weighted by atomic mass is 16.7. The maximum absolute atomic E-state index is 11.9. The van der Waals surface area contributed by atoms with Crippen LogP contribution >= 0.6 is 0 Å². The molecule has 0 radical (unpaired) electrons. The molecule has 3 saturated carbocycles. The first kappa shape index (κ1) is 19.9. The third kappa shape index (κ3) is 2.60. The molecule has 1 aliphatic heterocycles. The van der Waals surface area contributed by atoms with Gasteiger partial charge in [-0.15, -0.1) is 0 Å². The summed E-state index contributed by atoms with van der Waals surface area (Å²) in [6.07, 6.45) is 3.19. The molecule has 0 aromatic heterocycles. The number of hydrogen-bond acceptors (Lipinski definition) is 6. The van der Waals surface area contributed by atoms with Crippen LogP contribution in [-0.4, -0.2) is 40.1 Å². The van der Waals surface area contributed by atoms with Crippen molar-refractivity contribution in [2.24, 2.45) is 34.5 Å². The van der Waals surface area contributed by atoms with E-state index >= 15 is 0 Å². The Morgan fingerprint density at radius 1 is 1.29 bits per heavy atom. The molecule has 6 nitrogen and oxygen atoms in total. The van der Waals surface area contributed by atoms with Crippen molar-refractivity contribution >= 4 is 11.9 Å². The molecule has 0 aromatic carbocycles. The molecule has 2 N–H and O–H groups in total. The minimum absolute atomic E-state index is 0.0349. The molecule has 0 amide bonds. The lowest BCUT2D eigenvalue weighted by molar-refractivity contribution is -0.265. The van der Waals surface area contributed by atoms with Crippen molar-refractivity contribution in [3.8, 4) is 0 Å². The van der Waals surface area contributed by atoms with Gasteiger partial charge in [0.15, 0.2) is 0 Å². The molecule has 4 rings (SSSR count). The Morgan fingerprint density at radius 3 is 2.61 bits per heavy atom. The Balaban J connectivity index is 1.84. The van der Waals surface area contributed by atoms with Gasteiger partial charge in [-0.2, -0.15) is 0 Å². The van der Waals surface area contributed by atoms with Gasteiger partial charge < -0.3 is 19.7 Å². The lowest BCUT2D eigenvalue weighted by Gasteiger charge is -2.65. The van der Waals surface area contributed by atoms with Crippen LogP contribution in [-0.2, 0) is 19.1 Å². The van der Waals surface area contributed by atoms with Crippen LogP contribution in [0.1, 0.15) is 60.3 Å². The van der Waals surface area contributed by atoms with Gasteiger partial charge in [0, 0.05) is 30.9 Å². The first-order valence-electron chi connectivity index (χ1n) is 10.4. The van der Waals surface area contributed by atoms with E-state index in [1.807, 2.05) is 6.92 Å². The van der Waals surface area contributed by atoms with Gasteiger partial charge in [-0.3, -0.25) is 4.79 Å². The first-order valence-corrected chi connectivity index (χ1v) is 10.4. The van der Waals surface area contributed by atoms with Crippen molar-refractivity contribution in [1.29, 1.82) is 0 Å². The zero-order chi connectivity index (χ0) is 20.6. The van der Waals surface area contributed by atoms with Gasteiger partial charge in [0.05, 0.1) is 6.10 Å². The van der Waals surface area contributed by atoms with Crippen molar-refractivity contribution < 1.29 is 29.3 Å². The topological polar surface area (TPSA) is 93.1 Å². The highest BCUT2D eigenvalue weighted by Gasteiger charge is 2.68. The molecule has 3 fully saturated rings. The van der Waals surface area contributed by atoms with Crippen LogP contribution in [0.3, 0.4) is 0 Å². The average molecular weight is 392 g/mol. The van der Waals surface area contributed by atoms with Crippen LogP contribution in [0.2, 0.25) is 0 Å². The van der Waals surface area contributed by atoms with Crippen LogP contribution in [0.5, 0.6) is 0 Å². The summed E-state index contributed by atoms with van der Waals surface area (Å²) in [6.45, 7) is 9.89. The molecule has 0 spiro atoms. The molecule has 0 aromatic rings. The number of aliphatic hydroxyl groups is 2. The smallest absolute Gasteiger partial charge is 0.333 e. The lowest BCUT2D eigenvalue weighted by Crippen LogP contribution is -2.67. The molecule has 0 unspecified atom stereocenters. The van der Waals surface area contributed by atoms with E-state index in [9.17, 15) is 19.8 Å². The quantitative estimate of drug-likeness (QED) is 0.666. The Kier molecular flexibility index (Phi) is 4.30. The minimum Gasteiger partial charge on any atom is -0.459 e. The third-order valence-corrected chi connectivity index (χ3v) is 8.32. The molecular weight excluding hydrogens is 360 g/mol. The summed E-state index contributed by atoms with van der Waals surface area (Å²) >= 11 is 0. The van der Waals surface area contributed by atoms with Gasteiger partial charge in [0.1, 0.15) is 6.10 Å². The van der Waals surface area contributed by atoms with E-state index < -0.39 is 24.0 Å². The fourth-order valence-corrected chi connectivity index (χ4v) is 7.45. The molecule has 0 bridgehead atoms. The van der Waals surface area contributed by atoms with Crippen molar-refractivity contribution in [3.63, 3.8) is 0 Å². The van der Waals surface area contributed by atoms with Crippen LogP contribution in [0, 0.1) is 34.5 Å². The molecular formula is C22H32O6. The Bertz CT molecular complexity index is 741. The van der Waals surface area contributed by atoms with Crippen LogP contribution in [0.15, 0.2) is 11.6 Å². The molecule has 8 atom stereocenters. The standard InChI is InChI=1S/C22H32O6/c1-11-13-9-15(24)28-22(13,26)10-14-16(11)17(25)18(27-12(2)23)19-20(3,4)7-6-8-21(14,19)5/h9,11,14,16-19,25-26H,6-8,10H2,1-5H3/t11-,14+,16+,17+,18+,19-,21-,22+/m0/s1. The summed E-state index contributed by atoms with van der Waals surface area (Å²) in [4.78, 5) is 23.8. The summed E-state index contributed by atoms with van der Waals surface area (Å²) in [7, 11) is 0. The van der Waals surface area contributed by atoms with Crippen molar-refractivity contribution in [3.05, 3.63) is 11.6 Å². The summed E-state index contributed by atoms with van der Waals surface area (Å²) in [5.74, 6) is -3.02. The van der Waals surface area contributed by atoms with E-state index in [4.69, 9.17) is 9.47 Å². The van der Waals surface area contributed by atoms with Gasteiger partial charge in [-0.1, -0.05) is 34.1 Å². The predicted molar refractivity (Wildman–Crippen MR) is 101 cm³/mol.